The zero-order valence-electron chi connectivity index (χ0n) is 16.4. The molecule has 144 valence electrons. The Hall–Kier alpha value is -1.89. The molecule has 0 bridgehead atoms. The molecule has 2 heterocycles. The van der Waals surface area contributed by atoms with Crippen LogP contribution in [0.3, 0.4) is 0 Å². The third kappa shape index (κ3) is 4.63. The van der Waals surface area contributed by atoms with E-state index in [1.54, 1.807) is 4.68 Å². The smallest absolute Gasteiger partial charge is 0.238 e. The lowest BCUT2D eigenvalue weighted by Crippen LogP contribution is -2.48. The summed E-state index contributed by atoms with van der Waals surface area (Å²) in [7, 11) is 1.84. The minimum absolute atomic E-state index is 0.0494. The largest absolute Gasteiger partial charge is 0.338 e. The minimum Gasteiger partial charge on any atom is -0.338 e. The van der Waals surface area contributed by atoms with Crippen LogP contribution in [0.25, 0.3) is 0 Å². The van der Waals surface area contributed by atoms with Crippen molar-refractivity contribution >= 4 is 17.5 Å². The fourth-order valence-electron chi connectivity index (χ4n) is 3.68. The lowest BCUT2D eigenvalue weighted by Gasteiger charge is -2.34. The van der Waals surface area contributed by atoms with Crippen LogP contribution in [0.1, 0.15) is 38.8 Å². The molecule has 1 saturated heterocycles. The van der Waals surface area contributed by atoms with E-state index < -0.39 is 0 Å². The van der Waals surface area contributed by atoms with E-state index in [1.807, 2.05) is 20.2 Å². The van der Waals surface area contributed by atoms with E-state index in [4.69, 9.17) is 0 Å². The van der Waals surface area contributed by atoms with Gasteiger partial charge < -0.3 is 10.2 Å². The van der Waals surface area contributed by atoms with Crippen LogP contribution < -0.4 is 5.32 Å². The Kier molecular flexibility index (Phi) is 5.65. The highest BCUT2D eigenvalue weighted by molar-refractivity contribution is 5.92. The molecule has 1 unspecified atom stereocenters. The van der Waals surface area contributed by atoms with E-state index in [1.165, 1.54) is 12.8 Å². The SMILES string of the molecule is Cc1nn(C)cc1NC(=O)CN1CCC(=O)N(CC2CC2)C(C(C)C)C1. The van der Waals surface area contributed by atoms with Crippen LogP contribution in [0.5, 0.6) is 0 Å². The van der Waals surface area contributed by atoms with Gasteiger partial charge in [0.15, 0.2) is 0 Å². The molecular formula is C19H31N5O2. The van der Waals surface area contributed by atoms with Crippen molar-refractivity contribution in [2.75, 3.05) is 31.5 Å². The van der Waals surface area contributed by atoms with Crippen molar-refractivity contribution in [1.82, 2.24) is 19.6 Å². The lowest BCUT2D eigenvalue weighted by molar-refractivity contribution is -0.133. The maximum atomic E-state index is 12.6. The Morgan fingerprint density at radius 2 is 2.12 bits per heavy atom. The van der Waals surface area contributed by atoms with Crippen molar-refractivity contribution < 1.29 is 9.59 Å². The Bertz CT molecular complexity index is 665. The molecule has 1 saturated carbocycles. The van der Waals surface area contributed by atoms with E-state index >= 15 is 0 Å². The summed E-state index contributed by atoms with van der Waals surface area (Å²) < 4.78 is 1.69. The van der Waals surface area contributed by atoms with Crippen LogP contribution in [-0.2, 0) is 16.6 Å². The van der Waals surface area contributed by atoms with E-state index in [-0.39, 0.29) is 17.9 Å². The van der Waals surface area contributed by atoms with Gasteiger partial charge in [-0.1, -0.05) is 13.8 Å². The molecule has 2 amide bonds. The molecule has 1 aliphatic heterocycles. The Morgan fingerprint density at radius 1 is 1.38 bits per heavy atom. The van der Waals surface area contributed by atoms with E-state index in [9.17, 15) is 9.59 Å². The Labute approximate surface area is 155 Å². The van der Waals surface area contributed by atoms with Crippen LogP contribution in [-0.4, -0.2) is 63.6 Å². The standard InChI is InChI=1S/C19H31N5O2/c1-13(2)17-11-23(8-7-19(26)24(17)9-15-5-6-15)12-18(25)20-16-10-22(4)21-14(16)3/h10,13,15,17H,5-9,11-12H2,1-4H3,(H,20,25). The Morgan fingerprint density at radius 3 is 2.69 bits per heavy atom. The molecule has 1 aromatic rings. The fourth-order valence-corrected chi connectivity index (χ4v) is 3.68. The number of nitrogens with one attached hydrogen (secondary N) is 1. The number of aromatic nitrogens is 2. The van der Waals surface area contributed by atoms with Gasteiger partial charge in [-0.2, -0.15) is 5.10 Å². The molecule has 0 radical (unpaired) electrons. The molecule has 3 rings (SSSR count). The first-order valence-electron chi connectivity index (χ1n) is 9.65. The lowest BCUT2D eigenvalue weighted by atomic mass is 10.0. The summed E-state index contributed by atoms with van der Waals surface area (Å²) in [6.45, 7) is 8.81. The van der Waals surface area contributed by atoms with Gasteiger partial charge in [0, 0.05) is 45.3 Å². The predicted octanol–water partition coefficient (Wildman–Crippen LogP) is 1.64. The van der Waals surface area contributed by atoms with Gasteiger partial charge in [0.25, 0.3) is 0 Å². The monoisotopic (exact) mass is 361 g/mol. The van der Waals surface area contributed by atoms with Crippen molar-refractivity contribution in [3.05, 3.63) is 11.9 Å². The van der Waals surface area contributed by atoms with Gasteiger partial charge in [0.05, 0.1) is 17.9 Å². The van der Waals surface area contributed by atoms with Gasteiger partial charge >= 0.3 is 0 Å². The number of nitrogens with zero attached hydrogens (tertiary/aromatic N) is 4. The third-order valence-electron chi connectivity index (χ3n) is 5.38. The highest BCUT2D eigenvalue weighted by Gasteiger charge is 2.35. The van der Waals surface area contributed by atoms with Gasteiger partial charge in [-0.25, -0.2) is 0 Å². The van der Waals surface area contributed by atoms with Gasteiger partial charge in [0.1, 0.15) is 0 Å². The first-order chi connectivity index (χ1) is 12.3. The van der Waals surface area contributed by atoms with E-state index in [2.05, 4.69) is 34.1 Å². The quantitative estimate of drug-likeness (QED) is 0.836. The van der Waals surface area contributed by atoms with Crippen molar-refractivity contribution in [3.63, 3.8) is 0 Å². The maximum absolute atomic E-state index is 12.6. The van der Waals surface area contributed by atoms with Crippen molar-refractivity contribution in [1.29, 1.82) is 0 Å². The summed E-state index contributed by atoms with van der Waals surface area (Å²) in [6.07, 6.45) is 4.79. The van der Waals surface area contributed by atoms with Crippen LogP contribution in [0, 0.1) is 18.8 Å². The maximum Gasteiger partial charge on any atom is 0.238 e. The van der Waals surface area contributed by atoms with Gasteiger partial charge in [-0.3, -0.25) is 19.2 Å². The Balaban J connectivity index is 1.63. The number of amides is 2. The summed E-state index contributed by atoms with van der Waals surface area (Å²) >= 11 is 0. The van der Waals surface area contributed by atoms with Crippen LogP contribution in [0.4, 0.5) is 5.69 Å². The molecule has 1 atom stereocenters. The number of rotatable bonds is 6. The van der Waals surface area contributed by atoms with Gasteiger partial charge in [0.2, 0.25) is 11.8 Å². The average Bonchev–Trinajstić information content (AvgIpc) is 3.33. The van der Waals surface area contributed by atoms with Crippen LogP contribution in [0.15, 0.2) is 6.20 Å². The first kappa shape index (κ1) is 18.9. The average molecular weight is 361 g/mol. The zero-order chi connectivity index (χ0) is 18.8. The summed E-state index contributed by atoms with van der Waals surface area (Å²) in [4.78, 5) is 29.4. The molecule has 7 nitrogen and oxygen atoms in total. The van der Waals surface area contributed by atoms with Crippen molar-refractivity contribution in [3.8, 4) is 0 Å². The molecule has 2 fully saturated rings. The van der Waals surface area contributed by atoms with Gasteiger partial charge in [-0.05, 0) is 31.6 Å². The summed E-state index contributed by atoms with van der Waals surface area (Å²) in [5, 5.41) is 7.20. The molecule has 2 aliphatic rings. The van der Waals surface area contributed by atoms with E-state index in [0.29, 0.717) is 31.3 Å². The molecular weight excluding hydrogens is 330 g/mol. The molecule has 1 N–H and O–H groups in total. The third-order valence-corrected chi connectivity index (χ3v) is 5.38. The van der Waals surface area contributed by atoms with E-state index in [0.717, 1.165) is 24.5 Å². The van der Waals surface area contributed by atoms with Crippen LogP contribution in [0.2, 0.25) is 0 Å². The highest BCUT2D eigenvalue weighted by atomic mass is 16.2. The van der Waals surface area contributed by atoms with Crippen molar-refractivity contribution in [2.24, 2.45) is 18.9 Å². The van der Waals surface area contributed by atoms with Gasteiger partial charge in [-0.15, -0.1) is 0 Å². The van der Waals surface area contributed by atoms with Crippen LogP contribution >= 0.6 is 0 Å². The predicted molar refractivity (Wildman–Crippen MR) is 101 cm³/mol. The number of anilines is 1. The molecule has 1 aromatic heterocycles. The molecule has 26 heavy (non-hydrogen) atoms. The fraction of sp³-hybridized carbons (Fsp3) is 0.737. The minimum atomic E-state index is -0.0494. The second kappa shape index (κ2) is 7.78. The topological polar surface area (TPSA) is 70.5 Å². The van der Waals surface area contributed by atoms with Crippen molar-refractivity contribution in [2.45, 2.75) is 46.1 Å². The number of hydrogen-bond acceptors (Lipinski definition) is 4. The second-order valence-corrected chi connectivity index (χ2v) is 8.14. The number of hydrogen-bond donors (Lipinski definition) is 1. The zero-order valence-corrected chi connectivity index (χ0v) is 16.4. The number of carbonyl (C=O) groups is 2. The number of carbonyl (C=O) groups excluding carboxylic acids is 2. The summed E-state index contributed by atoms with van der Waals surface area (Å²) in [5.74, 6) is 1.25. The molecule has 0 aromatic carbocycles. The highest BCUT2D eigenvalue weighted by Crippen LogP contribution is 2.32. The summed E-state index contributed by atoms with van der Waals surface area (Å²) in [5.41, 5.74) is 1.56. The number of aryl methyl sites for hydroxylation is 2. The second-order valence-electron chi connectivity index (χ2n) is 8.14. The molecule has 1 aliphatic carbocycles. The molecule has 0 spiro atoms. The first-order valence-corrected chi connectivity index (χ1v) is 9.65. The summed E-state index contributed by atoms with van der Waals surface area (Å²) in [6, 6.07) is 0.179. The normalized spacial score (nSPS) is 22.0. The molecule has 7 heteroatoms.